The number of ether oxygens (including phenoxy) is 1. The molecule has 0 aliphatic carbocycles. The molecule has 0 spiro atoms. The highest BCUT2D eigenvalue weighted by atomic mass is 16.5. The zero-order valence-corrected chi connectivity index (χ0v) is 10.3. The van der Waals surface area contributed by atoms with Crippen LogP contribution < -0.4 is 10.1 Å². The van der Waals surface area contributed by atoms with E-state index < -0.39 is 0 Å². The third-order valence-electron chi connectivity index (χ3n) is 3.35. The van der Waals surface area contributed by atoms with Crippen LogP contribution in [-0.2, 0) is 12.8 Å². The Morgan fingerprint density at radius 3 is 3.12 bits per heavy atom. The van der Waals surface area contributed by atoms with Crippen LogP contribution in [0.5, 0.6) is 5.75 Å². The van der Waals surface area contributed by atoms with Crippen molar-refractivity contribution in [2.75, 3.05) is 13.7 Å². The number of nitrogens with one attached hydrogen (secondary N) is 1. The van der Waals surface area contributed by atoms with E-state index in [4.69, 9.17) is 4.74 Å². The maximum Gasteiger partial charge on any atom is 0.125 e. The third-order valence-corrected chi connectivity index (χ3v) is 3.35. The number of aryl methyl sites for hydroxylation is 2. The van der Waals surface area contributed by atoms with E-state index in [0.717, 1.165) is 31.6 Å². The van der Waals surface area contributed by atoms with E-state index in [0.29, 0.717) is 6.04 Å². The summed E-state index contributed by atoms with van der Waals surface area (Å²) in [5.74, 6) is 1.16. The van der Waals surface area contributed by atoms with Gasteiger partial charge in [-0.15, -0.1) is 0 Å². The van der Waals surface area contributed by atoms with Gasteiger partial charge in [-0.2, -0.15) is 0 Å². The van der Waals surface area contributed by atoms with Crippen LogP contribution in [0.3, 0.4) is 0 Å². The fraction of sp³-hybridized carbons (Fsp3) is 0.571. The topological polar surface area (TPSA) is 21.3 Å². The van der Waals surface area contributed by atoms with Crippen LogP contribution in [-0.4, -0.2) is 19.7 Å². The summed E-state index contributed by atoms with van der Waals surface area (Å²) in [7, 11) is 2.02. The SMILES string of the molecule is CNC(C)CCc1cccc2c1OCCC2. The third kappa shape index (κ3) is 2.56. The summed E-state index contributed by atoms with van der Waals surface area (Å²) in [6, 6.07) is 7.12. The van der Waals surface area contributed by atoms with Gasteiger partial charge in [0.15, 0.2) is 0 Å². The summed E-state index contributed by atoms with van der Waals surface area (Å²) in [5, 5.41) is 3.27. The summed E-state index contributed by atoms with van der Waals surface area (Å²) in [5.41, 5.74) is 2.76. The van der Waals surface area contributed by atoms with Crippen molar-refractivity contribution in [1.29, 1.82) is 0 Å². The van der Waals surface area contributed by atoms with Gasteiger partial charge in [0.2, 0.25) is 0 Å². The minimum atomic E-state index is 0.569. The van der Waals surface area contributed by atoms with E-state index in [1.807, 2.05) is 7.05 Å². The Bertz CT molecular complexity index is 349. The lowest BCUT2D eigenvalue weighted by Gasteiger charge is -2.21. The van der Waals surface area contributed by atoms with E-state index in [-0.39, 0.29) is 0 Å². The van der Waals surface area contributed by atoms with E-state index in [2.05, 4.69) is 30.4 Å². The van der Waals surface area contributed by atoms with Gasteiger partial charge < -0.3 is 10.1 Å². The second-order valence-corrected chi connectivity index (χ2v) is 4.59. The monoisotopic (exact) mass is 219 g/mol. The van der Waals surface area contributed by atoms with Gasteiger partial charge in [0, 0.05) is 6.04 Å². The Morgan fingerprint density at radius 1 is 1.44 bits per heavy atom. The molecular weight excluding hydrogens is 198 g/mol. The predicted molar refractivity (Wildman–Crippen MR) is 67.1 cm³/mol. The second kappa shape index (κ2) is 5.35. The molecule has 0 amide bonds. The van der Waals surface area contributed by atoms with E-state index in [1.165, 1.54) is 17.5 Å². The number of benzene rings is 1. The molecule has 1 unspecified atom stereocenters. The maximum absolute atomic E-state index is 5.80. The zero-order chi connectivity index (χ0) is 11.4. The van der Waals surface area contributed by atoms with Crippen molar-refractivity contribution in [3.8, 4) is 5.75 Å². The minimum absolute atomic E-state index is 0.569. The molecule has 2 heteroatoms. The van der Waals surface area contributed by atoms with Crippen LogP contribution in [0.25, 0.3) is 0 Å². The Kier molecular flexibility index (Phi) is 3.83. The van der Waals surface area contributed by atoms with Crippen LogP contribution in [0.15, 0.2) is 18.2 Å². The molecule has 88 valence electrons. The van der Waals surface area contributed by atoms with Crippen molar-refractivity contribution in [3.05, 3.63) is 29.3 Å². The van der Waals surface area contributed by atoms with Gasteiger partial charge >= 0.3 is 0 Å². The number of hydrogen-bond acceptors (Lipinski definition) is 2. The van der Waals surface area contributed by atoms with Crippen molar-refractivity contribution >= 4 is 0 Å². The highest BCUT2D eigenvalue weighted by molar-refractivity contribution is 5.42. The fourth-order valence-corrected chi connectivity index (χ4v) is 2.17. The predicted octanol–water partition coefficient (Wildman–Crippen LogP) is 2.55. The van der Waals surface area contributed by atoms with Crippen molar-refractivity contribution in [2.24, 2.45) is 0 Å². The number of para-hydroxylation sites is 1. The van der Waals surface area contributed by atoms with Gasteiger partial charge in [0.1, 0.15) is 5.75 Å². The molecule has 0 aromatic heterocycles. The molecule has 16 heavy (non-hydrogen) atoms. The van der Waals surface area contributed by atoms with Crippen LogP contribution >= 0.6 is 0 Å². The number of rotatable bonds is 4. The molecule has 2 rings (SSSR count). The molecule has 1 heterocycles. The Hall–Kier alpha value is -1.02. The second-order valence-electron chi connectivity index (χ2n) is 4.59. The van der Waals surface area contributed by atoms with Crippen molar-refractivity contribution in [3.63, 3.8) is 0 Å². The first-order chi connectivity index (χ1) is 7.81. The summed E-state index contributed by atoms with van der Waals surface area (Å²) in [6.45, 7) is 3.10. The van der Waals surface area contributed by atoms with Gasteiger partial charge in [-0.05, 0) is 50.8 Å². The molecule has 1 atom stereocenters. The first-order valence-electron chi connectivity index (χ1n) is 6.22. The van der Waals surface area contributed by atoms with Gasteiger partial charge in [0.25, 0.3) is 0 Å². The van der Waals surface area contributed by atoms with Crippen LogP contribution in [0.4, 0.5) is 0 Å². The van der Waals surface area contributed by atoms with Gasteiger partial charge in [0.05, 0.1) is 6.61 Å². The molecule has 1 aromatic rings. The maximum atomic E-state index is 5.80. The molecular formula is C14H21NO. The Morgan fingerprint density at radius 2 is 2.31 bits per heavy atom. The lowest BCUT2D eigenvalue weighted by Crippen LogP contribution is -2.21. The molecule has 0 saturated carbocycles. The molecule has 0 saturated heterocycles. The van der Waals surface area contributed by atoms with Gasteiger partial charge in [-0.3, -0.25) is 0 Å². The molecule has 0 radical (unpaired) electrons. The molecule has 2 nitrogen and oxygen atoms in total. The van der Waals surface area contributed by atoms with Gasteiger partial charge in [-0.25, -0.2) is 0 Å². The molecule has 1 aliphatic heterocycles. The first kappa shape index (κ1) is 11.5. The van der Waals surface area contributed by atoms with Crippen molar-refractivity contribution in [1.82, 2.24) is 5.32 Å². The summed E-state index contributed by atoms with van der Waals surface area (Å²) in [6.07, 6.45) is 4.59. The van der Waals surface area contributed by atoms with Crippen molar-refractivity contribution < 1.29 is 4.74 Å². The summed E-state index contributed by atoms with van der Waals surface area (Å²) in [4.78, 5) is 0. The number of fused-ring (bicyclic) bond motifs is 1. The minimum Gasteiger partial charge on any atom is -0.493 e. The molecule has 1 aromatic carbocycles. The zero-order valence-electron chi connectivity index (χ0n) is 10.3. The summed E-state index contributed by atoms with van der Waals surface area (Å²) >= 11 is 0. The normalized spacial score (nSPS) is 16.4. The molecule has 0 fully saturated rings. The first-order valence-corrected chi connectivity index (χ1v) is 6.22. The van der Waals surface area contributed by atoms with E-state index in [9.17, 15) is 0 Å². The Balaban J connectivity index is 2.08. The molecule has 1 aliphatic rings. The largest absolute Gasteiger partial charge is 0.493 e. The number of hydrogen-bond donors (Lipinski definition) is 1. The smallest absolute Gasteiger partial charge is 0.125 e. The molecule has 0 bridgehead atoms. The standard InChI is InChI=1S/C14H21NO/c1-11(15-2)8-9-13-6-3-5-12-7-4-10-16-14(12)13/h3,5-6,11,15H,4,7-10H2,1-2H3. The van der Waals surface area contributed by atoms with Crippen LogP contribution in [0.2, 0.25) is 0 Å². The summed E-state index contributed by atoms with van der Waals surface area (Å²) < 4.78 is 5.80. The highest BCUT2D eigenvalue weighted by Gasteiger charge is 2.14. The average molecular weight is 219 g/mol. The Labute approximate surface area is 98.0 Å². The lowest BCUT2D eigenvalue weighted by atomic mass is 9.98. The highest BCUT2D eigenvalue weighted by Crippen LogP contribution is 2.29. The van der Waals surface area contributed by atoms with Crippen LogP contribution in [0.1, 0.15) is 30.9 Å². The quantitative estimate of drug-likeness (QED) is 0.840. The fourth-order valence-electron chi connectivity index (χ4n) is 2.17. The van der Waals surface area contributed by atoms with Crippen molar-refractivity contribution in [2.45, 2.75) is 38.6 Å². The van der Waals surface area contributed by atoms with E-state index in [1.54, 1.807) is 0 Å². The van der Waals surface area contributed by atoms with Crippen LogP contribution in [0, 0.1) is 0 Å². The van der Waals surface area contributed by atoms with Gasteiger partial charge in [-0.1, -0.05) is 18.2 Å². The van der Waals surface area contributed by atoms with E-state index >= 15 is 0 Å². The average Bonchev–Trinajstić information content (AvgIpc) is 2.35. The lowest BCUT2D eigenvalue weighted by molar-refractivity contribution is 0.284. The molecule has 1 N–H and O–H groups in total.